The summed E-state index contributed by atoms with van der Waals surface area (Å²) in [5.41, 5.74) is 0. The van der Waals surface area contributed by atoms with Crippen LogP contribution < -0.4 is 5.32 Å². The number of carbonyl (C=O) groups excluding carboxylic acids is 1. The molecule has 0 saturated heterocycles. The molecule has 2 N–H and O–H groups in total. The van der Waals surface area contributed by atoms with Crippen molar-refractivity contribution in [2.45, 2.75) is 38.2 Å². The molecule has 0 heterocycles. The fourth-order valence-electron chi connectivity index (χ4n) is 1.95. The second kappa shape index (κ2) is 6.80. The number of rotatable bonds is 5. The van der Waals surface area contributed by atoms with Crippen LogP contribution in [-0.2, 0) is 9.53 Å². The summed E-state index contributed by atoms with van der Waals surface area (Å²) in [5.74, 6) is 0.250. The third-order valence-corrected chi connectivity index (χ3v) is 2.96. The van der Waals surface area contributed by atoms with Gasteiger partial charge in [-0.05, 0) is 12.8 Å². The van der Waals surface area contributed by atoms with Gasteiger partial charge >= 0.3 is 0 Å². The molecule has 1 fully saturated rings. The number of methoxy groups -OCH3 is 1. The number of ether oxygens (including phenoxy) is 1. The zero-order valence-electron chi connectivity index (χ0n) is 9.37. The van der Waals surface area contributed by atoms with E-state index in [1.807, 2.05) is 0 Å². The number of hydrogen-bond acceptors (Lipinski definition) is 3. The van der Waals surface area contributed by atoms with Crippen molar-refractivity contribution in [3.8, 4) is 0 Å². The van der Waals surface area contributed by atoms with Crippen LogP contribution in [0.1, 0.15) is 32.1 Å². The predicted molar refractivity (Wildman–Crippen MR) is 57.5 cm³/mol. The molecule has 1 rings (SSSR count). The van der Waals surface area contributed by atoms with E-state index in [1.54, 1.807) is 7.11 Å². The number of nitrogens with one attached hydrogen (secondary N) is 1. The van der Waals surface area contributed by atoms with Crippen LogP contribution in [0.4, 0.5) is 0 Å². The monoisotopic (exact) mass is 215 g/mol. The minimum atomic E-state index is -0.235. The van der Waals surface area contributed by atoms with E-state index < -0.39 is 0 Å². The molecule has 2 unspecified atom stereocenters. The van der Waals surface area contributed by atoms with Gasteiger partial charge in [0.15, 0.2) is 0 Å². The topological polar surface area (TPSA) is 58.6 Å². The van der Waals surface area contributed by atoms with Crippen LogP contribution in [0.3, 0.4) is 0 Å². The van der Waals surface area contributed by atoms with Crippen molar-refractivity contribution in [1.82, 2.24) is 5.32 Å². The van der Waals surface area contributed by atoms with Crippen molar-refractivity contribution in [1.29, 1.82) is 0 Å². The van der Waals surface area contributed by atoms with Crippen LogP contribution >= 0.6 is 0 Å². The summed E-state index contributed by atoms with van der Waals surface area (Å²) in [5, 5.41) is 12.5. The molecule has 15 heavy (non-hydrogen) atoms. The van der Waals surface area contributed by atoms with Crippen LogP contribution in [-0.4, -0.2) is 37.4 Å². The Hall–Kier alpha value is -0.610. The fourth-order valence-corrected chi connectivity index (χ4v) is 1.95. The molecule has 0 aromatic heterocycles. The first-order chi connectivity index (χ1) is 7.24. The van der Waals surface area contributed by atoms with Gasteiger partial charge in [-0.1, -0.05) is 12.8 Å². The Morgan fingerprint density at radius 1 is 1.47 bits per heavy atom. The minimum Gasteiger partial charge on any atom is -0.393 e. The second-order valence-corrected chi connectivity index (χ2v) is 4.16. The van der Waals surface area contributed by atoms with Crippen LogP contribution in [0, 0.1) is 5.92 Å². The molecule has 4 heteroatoms. The lowest BCUT2D eigenvalue weighted by Crippen LogP contribution is -2.36. The molecular weight excluding hydrogens is 194 g/mol. The summed E-state index contributed by atoms with van der Waals surface area (Å²) < 4.78 is 4.82. The molecule has 88 valence electrons. The molecule has 2 atom stereocenters. The lowest BCUT2D eigenvalue weighted by Gasteiger charge is -2.27. The van der Waals surface area contributed by atoms with E-state index in [0.717, 1.165) is 25.7 Å². The van der Waals surface area contributed by atoms with E-state index in [1.165, 1.54) is 0 Å². The molecule has 1 saturated carbocycles. The number of hydrogen-bond donors (Lipinski definition) is 2. The Kier molecular flexibility index (Phi) is 5.65. The zero-order chi connectivity index (χ0) is 11.1. The predicted octanol–water partition coefficient (Wildman–Crippen LogP) is 0.690. The number of aliphatic hydroxyl groups is 1. The Labute approximate surface area is 91.0 Å². The van der Waals surface area contributed by atoms with Gasteiger partial charge in [-0.2, -0.15) is 0 Å². The maximum atomic E-state index is 11.3. The summed E-state index contributed by atoms with van der Waals surface area (Å²) in [4.78, 5) is 11.3. The summed E-state index contributed by atoms with van der Waals surface area (Å²) in [6.07, 6.45) is 4.33. The number of aliphatic hydroxyl groups excluding tert-OH is 1. The number of amides is 1. The molecule has 1 aliphatic carbocycles. The van der Waals surface area contributed by atoms with Gasteiger partial charge in [0.25, 0.3) is 0 Å². The fraction of sp³-hybridized carbons (Fsp3) is 0.909. The molecule has 1 amide bonds. The van der Waals surface area contributed by atoms with Crippen molar-refractivity contribution in [3.63, 3.8) is 0 Å². The molecule has 0 spiro atoms. The average Bonchev–Trinajstić information content (AvgIpc) is 2.25. The molecule has 0 aliphatic heterocycles. The van der Waals surface area contributed by atoms with E-state index in [9.17, 15) is 9.90 Å². The van der Waals surface area contributed by atoms with E-state index in [-0.39, 0.29) is 17.9 Å². The highest BCUT2D eigenvalue weighted by molar-refractivity contribution is 5.75. The van der Waals surface area contributed by atoms with E-state index >= 15 is 0 Å². The lowest BCUT2D eigenvalue weighted by molar-refractivity contribution is -0.122. The van der Waals surface area contributed by atoms with Crippen molar-refractivity contribution >= 4 is 5.91 Å². The second-order valence-electron chi connectivity index (χ2n) is 4.16. The highest BCUT2D eigenvalue weighted by Crippen LogP contribution is 2.23. The lowest BCUT2D eigenvalue weighted by atomic mass is 9.86. The highest BCUT2D eigenvalue weighted by atomic mass is 16.5. The molecule has 0 aromatic carbocycles. The van der Waals surface area contributed by atoms with Gasteiger partial charge in [0.1, 0.15) is 0 Å². The Morgan fingerprint density at radius 2 is 2.20 bits per heavy atom. The van der Waals surface area contributed by atoms with Gasteiger partial charge in [-0.25, -0.2) is 0 Å². The first-order valence-corrected chi connectivity index (χ1v) is 5.67. The molecule has 4 nitrogen and oxygen atoms in total. The van der Waals surface area contributed by atoms with Gasteiger partial charge in [-0.3, -0.25) is 4.79 Å². The maximum absolute atomic E-state index is 11.3. The zero-order valence-corrected chi connectivity index (χ0v) is 9.37. The van der Waals surface area contributed by atoms with Crippen LogP contribution in [0.2, 0.25) is 0 Å². The Bertz CT molecular complexity index is 196. The van der Waals surface area contributed by atoms with Gasteiger partial charge < -0.3 is 15.2 Å². The van der Waals surface area contributed by atoms with Crippen molar-refractivity contribution in [2.24, 2.45) is 5.92 Å². The molecule has 0 radical (unpaired) electrons. The van der Waals surface area contributed by atoms with Gasteiger partial charge in [0.2, 0.25) is 5.91 Å². The normalized spacial score (nSPS) is 26.3. The summed E-state index contributed by atoms with van der Waals surface area (Å²) in [6.45, 7) is 1.06. The molecule has 0 aromatic rings. The average molecular weight is 215 g/mol. The van der Waals surface area contributed by atoms with Crippen molar-refractivity contribution in [2.75, 3.05) is 20.3 Å². The first kappa shape index (κ1) is 12.5. The highest BCUT2D eigenvalue weighted by Gasteiger charge is 2.22. The summed E-state index contributed by atoms with van der Waals surface area (Å²) in [6, 6.07) is 0. The van der Waals surface area contributed by atoms with Crippen molar-refractivity contribution < 1.29 is 14.6 Å². The molecule has 0 bridgehead atoms. The van der Waals surface area contributed by atoms with Crippen LogP contribution in [0.25, 0.3) is 0 Å². The van der Waals surface area contributed by atoms with Gasteiger partial charge in [0.05, 0.1) is 12.7 Å². The Balaban J connectivity index is 2.14. The van der Waals surface area contributed by atoms with Crippen LogP contribution in [0.15, 0.2) is 0 Å². The summed E-state index contributed by atoms with van der Waals surface area (Å²) >= 11 is 0. The first-order valence-electron chi connectivity index (χ1n) is 5.67. The summed E-state index contributed by atoms with van der Waals surface area (Å²) in [7, 11) is 1.58. The SMILES string of the molecule is COCCC(=O)NCC1CCCCC1O. The maximum Gasteiger partial charge on any atom is 0.222 e. The quantitative estimate of drug-likeness (QED) is 0.709. The molecule has 1 aliphatic rings. The van der Waals surface area contributed by atoms with Gasteiger partial charge in [-0.15, -0.1) is 0 Å². The van der Waals surface area contributed by atoms with E-state index in [0.29, 0.717) is 19.6 Å². The smallest absolute Gasteiger partial charge is 0.222 e. The van der Waals surface area contributed by atoms with Gasteiger partial charge in [0, 0.05) is 26.0 Å². The third-order valence-electron chi connectivity index (χ3n) is 2.96. The Morgan fingerprint density at radius 3 is 2.87 bits per heavy atom. The molecular formula is C11H21NO3. The van der Waals surface area contributed by atoms with E-state index in [4.69, 9.17) is 4.74 Å². The minimum absolute atomic E-state index is 0.00891. The third kappa shape index (κ3) is 4.62. The number of carbonyl (C=O) groups is 1. The standard InChI is InChI=1S/C11H21NO3/c1-15-7-6-11(14)12-8-9-4-2-3-5-10(9)13/h9-10,13H,2-8H2,1H3,(H,12,14). The van der Waals surface area contributed by atoms with E-state index in [2.05, 4.69) is 5.32 Å². The van der Waals surface area contributed by atoms with Crippen LogP contribution in [0.5, 0.6) is 0 Å². The van der Waals surface area contributed by atoms with Crippen molar-refractivity contribution in [3.05, 3.63) is 0 Å². The largest absolute Gasteiger partial charge is 0.393 e.